The molecule has 0 radical (unpaired) electrons. The Balaban J connectivity index is 1.56. The molecule has 7 heteroatoms. The van der Waals surface area contributed by atoms with Gasteiger partial charge < -0.3 is 0 Å². The van der Waals surface area contributed by atoms with Crippen LogP contribution < -0.4 is 4.80 Å². The normalized spacial score (nSPS) is 13.2. The van der Waals surface area contributed by atoms with Gasteiger partial charge in [-0.05, 0) is 47.2 Å². The molecule has 0 N–H and O–H groups in total. The maximum atomic E-state index is 11.2. The Morgan fingerprint density at radius 3 is 2.66 bits per heavy atom. The number of hydrogen-bond acceptors (Lipinski definition) is 5. The van der Waals surface area contributed by atoms with Crippen molar-refractivity contribution < 1.29 is 4.92 Å². The van der Waals surface area contributed by atoms with E-state index in [9.17, 15) is 10.1 Å². The summed E-state index contributed by atoms with van der Waals surface area (Å²) >= 11 is 1.45. The van der Waals surface area contributed by atoms with Crippen molar-refractivity contribution in [2.75, 3.05) is 7.05 Å². The Kier molecular flexibility index (Phi) is 5.03. The van der Waals surface area contributed by atoms with Gasteiger partial charge in [-0.1, -0.05) is 48.5 Å². The van der Waals surface area contributed by atoms with Gasteiger partial charge in [0, 0.05) is 30.1 Å². The molecule has 0 saturated heterocycles. The highest BCUT2D eigenvalue weighted by atomic mass is 32.1. The van der Waals surface area contributed by atoms with Gasteiger partial charge in [-0.15, -0.1) is 11.3 Å². The van der Waals surface area contributed by atoms with Gasteiger partial charge in [0.25, 0.3) is 5.69 Å². The van der Waals surface area contributed by atoms with Gasteiger partial charge in [-0.25, -0.2) is 4.68 Å². The highest BCUT2D eigenvalue weighted by molar-refractivity contribution is 7.07. The van der Waals surface area contributed by atoms with E-state index in [2.05, 4.69) is 47.5 Å². The second-order valence-corrected chi connectivity index (χ2v) is 8.47. The fourth-order valence-corrected chi connectivity index (χ4v) is 4.90. The highest BCUT2D eigenvalue weighted by Gasteiger charge is 2.18. The zero-order chi connectivity index (χ0) is 22.2. The summed E-state index contributed by atoms with van der Waals surface area (Å²) in [6.07, 6.45) is 0.923. The molecule has 1 heterocycles. The van der Waals surface area contributed by atoms with Crippen molar-refractivity contribution in [1.82, 2.24) is 4.68 Å². The number of nitrogens with zero attached hydrogens (tertiary/aromatic N) is 4. The van der Waals surface area contributed by atoms with Crippen LogP contribution in [0.25, 0.3) is 22.4 Å². The van der Waals surface area contributed by atoms with Gasteiger partial charge in [-0.2, -0.15) is 5.10 Å². The SMILES string of the molecule is CN=c1scc(-c2cccc([N+](=O)[O-])c2)n1N=C(C)c1ccc2c(c1)Cc1ccccc1-2. The summed E-state index contributed by atoms with van der Waals surface area (Å²) < 4.78 is 1.76. The van der Waals surface area contributed by atoms with Crippen LogP contribution in [0.15, 0.2) is 82.2 Å². The molecule has 0 aliphatic heterocycles. The van der Waals surface area contributed by atoms with Crippen LogP contribution in [-0.4, -0.2) is 22.4 Å². The van der Waals surface area contributed by atoms with Gasteiger partial charge in [0.1, 0.15) is 0 Å². The first-order valence-corrected chi connectivity index (χ1v) is 11.1. The number of thiazole rings is 1. The lowest BCUT2D eigenvalue weighted by Gasteiger charge is -2.08. The van der Waals surface area contributed by atoms with Crippen LogP contribution in [-0.2, 0) is 6.42 Å². The molecule has 0 spiro atoms. The summed E-state index contributed by atoms with van der Waals surface area (Å²) in [7, 11) is 1.72. The monoisotopic (exact) mass is 440 g/mol. The van der Waals surface area contributed by atoms with E-state index >= 15 is 0 Å². The number of nitro groups is 1. The summed E-state index contributed by atoms with van der Waals surface area (Å²) in [5.41, 5.74) is 8.67. The zero-order valence-corrected chi connectivity index (χ0v) is 18.5. The molecule has 0 fully saturated rings. The first kappa shape index (κ1) is 20.1. The molecule has 1 aliphatic rings. The lowest BCUT2D eigenvalue weighted by Crippen LogP contribution is -2.14. The van der Waals surface area contributed by atoms with E-state index in [1.165, 1.54) is 39.7 Å². The van der Waals surface area contributed by atoms with Crippen molar-refractivity contribution in [3.63, 3.8) is 0 Å². The molecule has 0 unspecified atom stereocenters. The van der Waals surface area contributed by atoms with Crippen LogP contribution in [0.1, 0.15) is 23.6 Å². The van der Waals surface area contributed by atoms with Crippen LogP contribution in [0.2, 0.25) is 0 Å². The quantitative estimate of drug-likeness (QED) is 0.210. The predicted molar refractivity (Wildman–Crippen MR) is 128 cm³/mol. The Morgan fingerprint density at radius 2 is 1.84 bits per heavy atom. The number of benzene rings is 3. The predicted octanol–water partition coefficient (Wildman–Crippen LogP) is 5.50. The first-order valence-electron chi connectivity index (χ1n) is 10.2. The van der Waals surface area contributed by atoms with Crippen LogP contribution in [0.4, 0.5) is 5.69 Å². The van der Waals surface area contributed by atoms with Gasteiger partial charge >= 0.3 is 0 Å². The van der Waals surface area contributed by atoms with E-state index in [-0.39, 0.29) is 10.6 Å². The summed E-state index contributed by atoms with van der Waals surface area (Å²) in [5.74, 6) is 0. The van der Waals surface area contributed by atoms with Crippen molar-refractivity contribution >= 4 is 22.7 Å². The van der Waals surface area contributed by atoms with Crippen LogP contribution in [0.3, 0.4) is 0 Å². The average Bonchev–Trinajstić information content (AvgIpc) is 3.39. The molecule has 3 aromatic carbocycles. The minimum absolute atomic E-state index is 0.0501. The number of hydrogen-bond donors (Lipinski definition) is 0. The van der Waals surface area contributed by atoms with Crippen LogP contribution in [0, 0.1) is 10.1 Å². The summed E-state index contributed by atoms with van der Waals surface area (Å²) in [5, 5.41) is 18.0. The third-order valence-electron chi connectivity index (χ3n) is 5.69. The van der Waals surface area contributed by atoms with Crippen molar-refractivity contribution in [2.45, 2.75) is 13.3 Å². The highest BCUT2D eigenvalue weighted by Crippen LogP contribution is 2.36. The van der Waals surface area contributed by atoms with Crippen LogP contribution >= 0.6 is 11.3 Å². The Labute approximate surface area is 189 Å². The third-order valence-corrected chi connectivity index (χ3v) is 6.60. The summed E-state index contributed by atoms with van der Waals surface area (Å²) in [6, 6.07) is 21.6. The van der Waals surface area contributed by atoms with Crippen molar-refractivity contribution in [3.05, 3.63) is 104 Å². The Morgan fingerprint density at radius 1 is 1.03 bits per heavy atom. The van der Waals surface area contributed by atoms with Gasteiger partial charge in [0.05, 0.1) is 16.3 Å². The van der Waals surface area contributed by atoms with E-state index in [0.29, 0.717) is 0 Å². The van der Waals surface area contributed by atoms with E-state index < -0.39 is 0 Å². The zero-order valence-electron chi connectivity index (χ0n) is 17.6. The fraction of sp³-hybridized carbons (Fsp3) is 0.120. The largest absolute Gasteiger partial charge is 0.270 e. The second-order valence-electron chi connectivity index (χ2n) is 7.64. The number of rotatable bonds is 4. The molecule has 158 valence electrons. The van der Waals surface area contributed by atoms with Crippen molar-refractivity contribution in [2.24, 2.45) is 10.1 Å². The number of non-ortho nitro benzene ring substituents is 1. The lowest BCUT2D eigenvalue weighted by molar-refractivity contribution is -0.384. The smallest absolute Gasteiger partial charge is 0.261 e. The van der Waals surface area contributed by atoms with E-state index in [1.807, 2.05) is 18.4 Å². The van der Waals surface area contributed by atoms with Crippen molar-refractivity contribution in [1.29, 1.82) is 0 Å². The van der Waals surface area contributed by atoms with E-state index in [0.717, 1.165) is 33.8 Å². The number of nitro benzene ring substituents is 1. The van der Waals surface area contributed by atoms with Gasteiger partial charge in [-0.3, -0.25) is 15.1 Å². The third kappa shape index (κ3) is 3.46. The van der Waals surface area contributed by atoms with Gasteiger partial charge in [0.2, 0.25) is 4.80 Å². The molecule has 1 aliphatic carbocycles. The minimum atomic E-state index is -0.387. The molecule has 1 aromatic heterocycles. The topological polar surface area (TPSA) is 72.8 Å². The second kappa shape index (κ2) is 8.01. The fourth-order valence-electron chi connectivity index (χ4n) is 4.10. The van der Waals surface area contributed by atoms with Gasteiger partial charge in [0.15, 0.2) is 0 Å². The molecule has 4 aromatic rings. The molecule has 0 saturated carbocycles. The lowest BCUT2D eigenvalue weighted by atomic mass is 10.0. The van der Waals surface area contributed by atoms with Crippen LogP contribution in [0.5, 0.6) is 0 Å². The Bertz CT molecular complexity index is 1460. The molecule has 0 bridgehead atoms. The maximum absolute atomic E-state index is 11.2. The molecular weight excluding hydrogens is 420 g/mol. The van der Waals surface area contributed by atoms with Crippen molar-refractivity contribution in [3.8, 4) is 22.4 Å². The first-order chi connectivity index (χ1) is 15.5. The Hall–Kier alpha value is -3.84. The molecule has 0 amide bonds. The molecule has 5 rings (SSSR count). The number of aromatic nitrogens is 1. The molecule has 32 heavy (non-hydrogen) atoms. The molecular formula is C25H20N4O2S. The molecule has 6 nitrogen and oxygen atoms in total. The van der Waals surface area contributed by atoms with E-state index in [4.69, 9.17) is 5.10 Å². The minimum Gasteiger partial charge on any atom is -0.261 e. The molecule has 0 atom stereocenters. The average molecular weight is 441 g/mol. The maximum Gasteiger partial charge on any atom is 0.270 e. The number of fused-ring (bicyclic) bond motifs is 3. The summed E-state index contributed by atoms with van der Waals surface area (Å²) in [4.78, 5) is 15.9. The van der Waals surface area contributed by atoms with E-state index in [1.54, 1.807) is 23.9 Å². The summed E-state index contributed by atoms with van der Waals surface area (Å²) in [6.45, 7) is 1.98. The standard InChI is InChI=1S/C25H20N4O2S/c1-16(17-10-11-23-20(12-17)13-18-6-3-4-9-22(18)23)27-28-24(15-32-25(28)26-2)19-7-5-8-21(14-19)29(30)31/h3-12,14-15H,13H2,1-2H3.